The maximum absolute atomic E-state index is 13.3. The zero-order valence-corrected chi connectivity index (χ0v) is 9.73. The summed E-state index contributed by atoms with van der Waals surface area (Å²) in [4.78, 5) is 0. The SMILES string of the molecule is O=S(=O)(Nc1c(F)cccc1F)C1CCNC1. The number of nitrogens with one attached hydrogen (secondary N) is 2. The van der Waals surface area contributed by atoms with E-state index < -0.39 is 32.6 Å². The maximum atomic E-state index is 13.3. The van der Waals surface area contributed by atoms with Gasteiger partial charge >= 0.3 is 0 Å². The Labute approximate surface area is 98.1 Å². The van der Waals surface area contributed by atoms with E-state index in [1.54, 1.807) is 0 Å². The van der Waals surface area contributed by atoms with E-state index in [-0.39, 0.29) is 0 Å². The largest absolute Gasteiger partial charge is 0.315 e. The molecule has 0 aromatic heterocycles. The van der Waals surface area contributed by atoms with Crippen LogP contribution in [-0.2, 0) is 10.0 Å². The second-order valence-corrected chi connectivity index (χ2v) is 5.82. The fourth-order valence-corrected chi connectivity index (χ4v) is 3.13. The van der Waals surface area contributed by atoms with Crippen molar-refractivity contribution in [3.8, 4) is 0 Å². The summed E-state index contributed by atoms with van der Waals surface area (Å²) in [6.45, 7) is 0.886. The Balaban J connectivity index is 2.26. The number of hydrogen-bond acceptors (Lipinski definition) is 3. The summed E-state index contributed by atoms with van der Waals surface area (Å²) in [5.74, 6) is -1.83. The quantitative estimate of drug-likeness (QED) is 0.856. The fourth-order valence-electron chi connectivity index (χ4n) is 1.71. The van der Waals surface area contributed by atoms with Crippen molar-refractivity contribution < 1.29 is 17.2 Å². The molecule has 1 aliphatic heterocycles. The summed E-state index contributed by atoms with van der Waals surface area (Å²) in [6, 6.07) is 3.20. The molecule has 2 rings (SSSR count). The van der Waals surface area contributed by atoms with Gasteiger partial charge in [-0.05, 0) is 25.1 Å². The van der Waals surface area contributed by atoms with Crippen LogP contribution in [0.2, 0.25) is 0 Å². The molecular formula is C10H12F2N2O2S. The van der Waals surface area contributed by atoms with E-state index in [0.29, 0.717) is 19.5 Å². The third kappa shape index (κ3) is 2.55. The van der Waals surface area contributed by atoms with E-state index in [0.717, 1.165) is 12.1 Å². The van der Waals surface area contributed by atoms with Gasteiger partial charge in [-0.3, -0.25) is 4.72 Å². The Hall–Kier alpha value is -1.21. The van der Waals surface area contributed by atoms with E-state index in [9.17, 15) is 17.2 Å². The van der Waals surface area contributed by atoms with Crippen LogP contribution in [0.5, 0.6) is 0 Å². The fraction of sp³-hybridized carbons (Fsp3) is 0.400. The van der Waals surface area contributed by atoms with Crippen LogP contribution in [0.3, 0.4) is 0 Å². The average molecular weight is 262 g/mol. The molecule has 17 heavy (non-hydrogen) atoms. The molecule has 0 radical (unpaired) electrons. The number of sulfonamides is 1. The van der Waals surface area contributed by atoms with Crippen molar-refractivity contribution in [2.24, 2.45) is 0 Å². The smallest absolute Gasteiger partial charge is 0.237 e. The molecule has 1 aliphatic rings. The van der Waals surface area contributed by atoms with Gasteiger partial charge in [-0.1, -0.05) is 6.07 Å². The van der Waals surface area contributed by atoms with Gasteiger partial charge in [0.1, 0.15) is 17.3 Å². The molecule has 1 aromatic carbocycles. The summed E-state index contributed by atoms with van der Waals surface area (Å²) >= 11 is 0. The molecule has 1 unspecified atom stereocenters. The number of halogens is 2. The van der Waals surface area contributed by atoms with Crippen molar-refractivity contribution in [3.05, 3.63) is 29.8 Å². The van der Waals surface area contributed by atoms with Crippen LogP contribution in [0.4, 0.5) is 14.5 Å². The average Bonchev–Trinajstić information content (AvgIpc) is 2.77. The van der Waals surface area contributed by atoms with Gasteiger partial charge in [-0.15, -0.1) is 0 Å². The van der Waals surface area contributed by atoms with Gasteiger partial charge in [-0.25, -0.2) is 17.2 Å². The summed E-state index contributed by atoms with van der Waals surface area (Å²) < 4.78 is 52.2. The van der Waals surface area contributed by atoms with Crippen molar-refractivity contribution >= 4 is 15.7 Å². The molecule has 2 N–H and O–H groups in total. The van der Waals surface area contributed by atoms with Crippen LogP contribution in [-0.4, -0.2) is 26.8 Å². The van der Waals surface area contributed by atoms with Crippen molar-refractivity contribution in [2.75, 3.05) is 17.8 Å². The van der Waals surface area contributed by atoms with Crippen molar-refractivity contribution in [2.45, 2.75) is 11.7 Å². The maximum Gasteiger partial charge on any atom is 0.237 e. The molecule has 1 heterocycles. The zero-order valence-electron chi connectivity index (χ0n) is 8.91. The molecule has 1 aromatic rings. The van der Waals surface area contributed by atoms with Gasteiger partial charge < -0.3 is 5.32 Å². The lowest BCUT2D eigenvalue weighted by Gasteiger charge is -2.13. The Bertz CT molecular complexity index is 493. The second kappa shape index (κ2) is 4.58. The van der Waals surface area contributed by atoms with Crippen LogP contribution in [0.25, 0.3) is 0 Å². The van der Waals surface area contributed by atoms with Crippen LogP contribution >= 0.6 is 0 Å². The number of rotatable bonds is 3. The molecule has 0 bridgehead atoms. The predicted molar refractivity (Wildman–Crippen MR) is 60.2 cm³/mol. The third-order valence-corrected chi connectivity index (χ3v) is 4.43. The minimum Gasteiger partial charge on any atom is -0.315 e. The third-order valence-electron chi connectivity index (χ3n) is 2.66. The molecule has 94 valence electrons. The Morgan fingerprint density at radius 3 is 2.47 bits per heavy atom. The standard InChI is InChI=1S/C10H12F2N2O2S/c11-8-2-1-3-9(12)10(8)14-17(15,16)7-4-5-13-6-7/h1-3,7,13-14H,4-6H2. The number of benzene rings is 1. The van der Waals surface area contributed by atoms with Crippen molar-refractivity contribution in [1.82, 2.24) is 5.32 Å². The van der Waals surface area contributed by atoms with Crippen molar-refractivity contribution in [1.29, 1.82) is 0 Å². The Morgan fingerprint density at radius 1 is 1.29 bits per heavy atom. The van der Waals surface area contributed by atoms with E-state index >= 15 is 0 Å². The molecule has 0 aliphatic carbocycles. The van der Waals surface area contributed by atoms with E-state index in [2.05, 4.69) is 5.32 Å². The van der Waals surface area contributed by atoms with Crippen LogP contribution in [0, 0.1) is 11.6 Å². The first-order chi connectivity index (χ1) is 8.00. The summed E-state index contributed by atoms with van der Waals surface area (Å²) in [5.41, 5.74) is -0.612. The van der Waals surface area contributed by atoms with Gasteiger partial charge in [0.2, 0.25) is 10.0 Å². The molecule has 1 saturated heterocycles. The Morgan fingerprint density at radius 2 is 1.94 bits per heavy atom. The lowest BCUT2D eigenvalue weighted by atomic mass is 10.3. The van der Waals surface area contributed by atoms with Gasteiger partial charge in [0.25, 0.3) is 0 Å². The van der Waals surface area contributed by atoms with Gasteiger partial charge in [0, 0.05) is 6.54 Å². The highest BCUT2D eigenvalue weighted by Gasteiger charge is 2.29. The minimum absolute atomic E-state index is 0.297. The monoisotopic (exact) mass is 262 g/mol. The first-order valence-corrected chi connectivity index (χ1v) is 6.72. The van der Waals surface area contributed by atoms with Crippen molar-refractivity contribution in [3.63, 3.8) is 0 Å². The highest BCUT2D eigenvalue weighted by atomic mass is 32.2. The highest BCUT2D eigenvalue weighted by molar-refractivity contribution is 7.93. The molecule has 0 spiro atoms. The molecule has 0 amide bonds. The number of hydrogen-bond donors (Lipinski definition) is 2. The summed E-state index contributed by atoms with van der Waals surface area (Å²) in [7, 11) is -3.75. The van der Waals surface area contributed by atoms with Gasteiger partial charge in [0.15, 0.2) is 0 Å². The second-order valence-electron chi connectivity index (χ2n) is 3.86. The molecule has 4 nitrogen and oxygen atoms in total. The lowest BCUT2D eigenvalue weighted by Crippen LogP contribution is -2.30. The normalized spacial score (nSPS) is 20.5. The van der Waals surface area contributed by atoms with Crippen LogP contribution in [0.1, 0.15) is 6.42 Å². The summed E-state index contributed by atoms with van der Waals surface area (Å²) in [5, 5.41) is 2.24. The molecule has 1 atom stereocenters. The first-order valence-electron chi connectivity index (χ1n) is 5.17. The lowest BCUT2D eigenvalue weighted by molar-refractivity contribution is 0.577. The highest BCUT2D eigenvalue weighted by Crippen LogP contribution is 2.21. The molecule has 0 saturated carbocycles. The first kappa shape index (κ1) is 12.3. The van der Waals surface area contributed by atoms with E-state index in [1.807, 2.05) is 4.72 Å². The van der Waals surface area contributed by atoms with E-state index in [1.165, 1.54) is 6.07 Å². The Kier molecular flexibility index (Phi) is 3.30. The summed E-state index contributed by atoms with van der Waals surface area (Å²) in [6.07, 6.45) is 0.436. The number of para-hydroxylation sites is 1. The van der Waals surface area contributed by atoms with Gasteiger partial charge in [-0.2, -0.15) is 0 Å². The molecule has 1 fully saturated rings. The van der Waals surface area contributed by atoms with Gasteiger partial charge in [0.05, 0.1) is 5.25 Å². The predicted octanol–water partition coefficient (Wildman–Crippen LogP) is 1.07. The number of anilines is 1. The molecule has 7 heteroatoms. The van der Waals surface area contributed by atoms with E-state index in [4.69, 9.17) is 0 Å². The minimum atomic E-state index is -3.75. The van der Waals surface area contributed by atoms with Crippen LogP contribution in [0.15, 0.2) is 18.2 Å². The zero-order chi connectivity index (χ0) is 12.5. The van der Waals surface area contributed by atoms with Crippen LogP contribution < -0.4 is 10.0 Å². The topological polar surface area (TPSA) is 58.2 Å². The molecular weight excluding hydrogens is 250 g/mol.